The van der Waals surface area contributed by atoms with Gasteiger partial charge in [-0.2, -0.15) is 0 Å². The van der Waals surface area contributed by atoms with Crippen LogP contribution in [0.15, 0.2) is 28.7 Å². The number of furan rings is 1. The fraction of sp³-hybridized carbons (Fsp3) is 0.438. The zero-order chi connectivity index (χ0) is 15.4. The van der Waals surface area contributed by atoms with Crippen LogP contribution in [0.5, 0.6) is 5.75 Å². The minimum Gasteiger partial charge on any atom is -0.493 e. The first-order valence-electron chi connectivity index (χ1n) is 7.10. The molecule has 114 valence electrons. The lowest BCUT2D eigenvalue weighted by Gasteiger charge is -2.12. The zero-order valence-electron chi connectivity index (χ0n) is 12.9. The molecule has 0 saturated heterocycles. The number of ether oxygens (including phenoxy) is 1. The Morgan fingerprint density at radius 3 is 2.76 bits per heavy atom. The number of para-hydroxylation sites is 1. The third-order valence-corrected chi connectivity index (χ3v) is 3.19. The number of amides is 1. The monoisotopic (exact) mass is 290 g/mol. The Hall–Kier alpha value is -2.01. The summed E-state index contributed by atoms with van der Waals surface area (Å²) in [7, 11) is 1.62. The second kappa shape index (κ2) is 6.63. The van der Waals surface area contributed by atoms with Gasteiger partial charge in [0.2, 0.25) is 5.91 Å². The van der Waals surface area contributed by atoms with E-state index in [-0.39, 0.29) is 24.5 Å². The lowest BCUT2D eigenvalue weighted by atomic mass is 10.2. The molecule has 0 spiro atoms. The number of rotatable bonds is 6. The first-order chi connectivity index (χ1) is 10.0. The molecule has 5 nitrogen and oxygen atoms in total. The molecule has 1 atom stereocenters. The van der Waals surface area contributed by atoms with Crippen LogP contribution < -0.4 is 15.4 Å². The molecular formula is C16H22N2O3. The van der Waals surface area contributed by atoms with Gasteiger partial charge in [-0.1, -0.05) is 12.1 Å². The van der Waals surface area contributed by atoms with Gasteiger partial charge in [-0.3, -0.25) is 10.1 Å². The van der Waals surface area contributed by atoms with Gasteiger partial charge in [0, 0.05) is 11.4 Å². The number of carbonyl (C=O) groups is 1. The molecule has 0 aliphatic rings. The summed E-state index contributed by atoms with van der Waals surface area (Å²) >= 11 is 0. The van der Waals surface area contributed by atoms with Crippen molar-refractivity contribution >= 4 is 16.9 Å². The maximum Gasteiger partial charge on any atom is 0.234 e. The van der Waals surface area contributed by atoms with Crippen molar-refractivity contribution in [3.63, 3.8) is 0 Å². The van der Waals surface area contributed by atoms with E-state index >= 15 is 0 Å². The van der Waals surface area contributed by atoms with Gasteiger partial charge in [0.1, 0.15) is 5.76 Å². The molecular weight excluding hydrogens is 268 g/mol. The average Bonchev–Trinajstić information content (AvgIpc) is 2.87. The quantitative estimate of drug-likeness (QED) is 0.858. The van der Waals surface area contributed by atoms with Crippen molar-refractivity contribution in [1.82, 2.24) is 10.6 Å². The second-order valence-corrected chi connectivity index (χ2v) is 5.35. The molecule has 5 heteroatoms. The Bertz CT molecular complexity index is 619. The molecule has 2 rings (SSSR count). The molecule has 1 unspecified atom stereocenters. The topological polar surface area (TPSA) is 63.5 Å². The van der Waals surface area contributed by atoms with E-state index < -0.39 is 0 Å². The highest BCUT2D eigenvalue weighted by molar-refractivity contribution is 5.83. The van der Waals surface area contributed by atoms with Gasteiger partial charge in [0.25, 0.3) is 0 Å². The van der Waals surface area contributed by atoms with Gasteiger partial charge in [-0.05, 0) is 32.9 Å². The van der Waals surface area contributed by atoms with Crippen molar-refractivity contribution in [3.8, 4) is 5.75 Å². The van der Waals surface area contributed by atoms with Crippen LogP contribution in [0, 0.1) is 0 Å². The number of carbonyl (C=O) groups excluding carboxylic acids is 1. The van der Waals surface area contributed by atoms with Crippen molar-refractivity contribution in [1.29, 1.82) is 0 Å². The van der Waals surface area contributed by atoms with Gasteiger partial charge in [-0.15, -0.1) is 0 Å². The van der Waals surface area contributed by atoms with E-state index in [1.54, 1.807) is 7.11 Å². The predicted molar refractivity (Wildman–Crippen MR) is 82.5 cm³/mol. The molecule has 2 N–H and O–H groups in total. The lowest BCUT2D eigenvalue weighted by molar-refractivity contribution is -0.120. The fourth-order valence-electron chi connectivity index (χ4n) is 2.15. The van der Waals surface area contributed by atoms with Crippen LogP contribution >= 0.6 is 0 Å². The molecule has 0 aliphatic carbocycles. The maximum absolute atomic E-state index is 11.6. The molecule has 0 aliphatic heterocycles. The highest BCUT2D eigenvalue weighted by Crippen LogP contribution is 2.30. The predicted octanol–water partition coefficient (Wildman–Crippen LogP) is 2.62. The average molecular weight is 290 g/mol. The van der Waals surface area contributed by atoms with Gasteiger partial charge in [0.05, 0.1) is 19.7 Å². The SMILES string of the molecule is COc1cccc2cc(C(C)NCC(=O)NC(C)C)oc12. The summed E-state index contributed by atoms with van der Waals surface area (Å²) in [5.74, 6) is 1.47. The normalized spacial score (nSPS) is 12.6. The summed E-state index contributed by atoms with van der Waals surface area (Å²) in [4.78, 5) is 11.6. The molecule has 2 aromatic rings. The lowest BCUT2D eigenvalue weighted by Crippen LogP contribution is -2.38. The Morgan fingerprint density at radius 1 is 1.33 bits per heavy atom. The van der Waals surface area contributed by atoms with E-state index in [1.807, 2.05) is 45.0 Å². The number of fused-ring (bicyclic) bond motifs is 1. The summed E-state index contributed by atoms with van der Waals surface area (Å²) in [6.07, 6.45) is 0. The largest absolute Gasteiger partial charge is 0.493 e. The van der Waals surface area contributed by atoms with Crippen LogP contribution in [-0.4, -0.2) is 25.6 Å². The van der Waals surface area contributed by atoms with E-state index in [0.29, 0.717) is 5.75 Å². The summed E-state index contributed by atoms with van der Waals surface area (Å²) in [5, 5.41) is 6.99. The fourth-order valence-corrected chi connectivity index (χ4v) is 2.15. The van der Waals surface area contributed by atoms with Crippen molar-refractivity contribution in [2.24, 2.45) is 0 Å². The Balaban J connectivity index is 2.06. The molecule has 0 fully saturated rings. The molecule has 1 amide bonds. The van der Waals surface area contributed by atoms with Gasteiger partial charge < -0.3 is 14.5 Å². The molecule has 1 heterocycles. The second-order valence-electron chi connectivity index (χ2n) is 5.35. The standard InChI is InChI=1S/C16H22N2O3/c1-10(2)18-15(19)9-17-11(3)14-8-12-6-5-7-13(20-4)16(12)21-14/h5-8,10-11,17H,9H2,1-4H3,(H,18,19). The minimum absolute atomic E-state index is 0.0226. The van der Waals surface area contributed by atoms with Crippen LogP contribution in [0.4, 0.5) is 0 Å². The molecule has 1 aromatic carbocycles. The number of benzene rings is 1. The van der Waals surface area contributed by atoms with Crippen molar-refractivity contribution < 1.29 is 13.9 Å². The Morgan fingerprint density at radius 2 is 2.10 bits per heavy atom. The van der Waals surface area contributed by atoms with E-state index in [4.69, 9.17) is 9.15 Å². The molecule has 1 aromatic heterocycles. The first-order valence-corrected chi connectivity index (χ1v) is 7.10. The third kappa shape index (κ3) is 3.76. The van der Waals surface area contributed by atoms with E-state index in [1.165, 1.54) is 0 Å². The molecule has 0 radical (unpaired) electrons. The molecule has 0 saturated carbocycles. The minimum atomic E-state index is -0.0555. The third-order valence-electron chi connectivity index (χ3n) is 3.19. The Kier molecular flexibility index (Phi) is 4.85. The van der Waals surface area contributed by atoms with Crippen molar-refractivity contribution in [2.75, 3.05) is 13.7 Å². The van der Waals surface area contributed by atoms with Crippen LogP contribution in [0.1, 0.15) is 32.6 Å². The summed E-state index contributed by atoms with van der Waals surface area (Å²) in [6.45, 7) is 6.10. The van der Waals surface area contributed by atoms with E-state index in [0.717, 1.165) is 16.7 Å². The van der Waals surface area contributed by atoms with Crippen LogP contribution in [-0.2, 0) is 4.79 Å². The van der Waals surface area contributed by atoms with E-state index in [2.05, 4.69) is 10.6 Å². The highest BCUT2D eigenvalue weighted by Gasteiger charge is 2.14. The smallest absolute Gasteiger partial charge is 0.234 e. The van der Waals surface area contributed by atoms with Gasteiger partial charge in [0.15, 0.2) is 11.3 Å². The molecule has 0 bridgehead atoms. The first kappa shape index (κ1) is 15.4. The van der Waals surface area contributed by atoms with Gasteiger partial charge in [-0.25, -0.2) is 0 Å². The summed E-state index contributed by atoms with van der Waals surface area (Å²) < 4.78 is 11.1. The number of hydrogen-bond donors (Lipinski definition) is 2. The summed E-state index contributed by atoms with van der Waals surface area (Å²) in [6, 6.07) is 7.82. The highest BCUT2D eigenvalue weighted by atomic mass is 16.5. The van der Waals surface area contributed by atoms with Crippen molar-refractivity contribution in [2.45, 2.75) is 32.9 Å². The van der Waals surface area contributed by atoms with Crippen LogP contribution in [0.2, 0.25) is 0 Å². The number of nitrogens with one attached hydrogen (secondary N) is 2. The summed E-state index contributed by atoms with van der Waals surface area (Å²) in [5.41, 5.74) is 0.732. The van der Waals surface area contributed by atoms with Crippen LogP contribution in [0.25, 0.3) is 11.0 Å². The van der Waals surface area contributed by atoms with Crippen molar-refractivity contribution in [3.05, 3.63) is 30.0 Å². The zero-order valence-corrected chi connectivity index (χ0v) is 12.9. The maximum atomic E-state index is 11.6. The van der Waals surface area contributed by atoms with E-state index in [9.17, 15) is 4.79 Å². The van der Waals surface area contributed by atoms with Crippen LogP contribution in [0.3, 0.4) is 0 Å². The number of hydrogen-bond acceptors (Lipinski definition) is 4. The number of methoxy groups -OCH3 is 1. The molecule has 21 heavy (non-hydrogen) atoms. The van der Waals surface area contributed by atoms with Gasteiger partial charge >= 0.3 is 0 Å². The Labute approximate surface area is 124 Å².